The van der Waals surface area contributed by atoms with Gasteiger partial charge in [0.25, 0.3) is 0 Å². The maximum absolute atomic E-state index is 6.70. The highest BCUT2D eigenvalue weighted by Gasteiger charge is 2.24. The Morgan fingerprint density at radius 3 is 0.981 bits per heavy atom. The van der Waals surface area contributed by atoms with Crippen LogP contribution in [0.5, 0.6) is 0 Å². The monoisotopic (exact) mass is 1370 g/mol. The number of thiophene rings is 1. The number of furan rings is 1. The molecular weight excluding hydrogens is 1310 g/mol. The molecule has 7 nitrogen and oxygen atoms in total. The van der Waals surface area contributed by atoms with Crippen molar-refractivity contribution in [3.8, 4) is 113 Å². The Kier molecular flexibility index (Phi) is 14.3. The van der Waals surface area contributed by atoms with E-state index in [2.05, 4.69) is 243 Å². The molecular formula is C98H58N6OS. The van der Waals surface area contributed by atoms with E-state index in [1.165, 1.54) is 118 Å². The number of para-hydroxylation sites is 1. The summed E-state index contributed by atoms with van der Waals surface area (Å²) in [4.78, 5) is 30.3. The van der Waals surface area contributed by atoms with E-state index in [-0.39, 0.29) is 0 Å². The van der Waals surface area contributed by atoms with Crippen LogP contribution in [0, 0.1) is 0 Å². The summed E-state index contributed by atoms with van der Waals surface area (Å²) >= 11 is 1.83. The summed E-state index contributed by atoms with van der Waals surface area (Å²) in [5.74, 6) is 3.85. The first-order valence-electron chi connectivity index (χ1n) is 35.7. The van der Waals surface area contributed by atoms with Crippen molar-refractivity contribution in [3.05, 3.63) is 352 Å². The Labute approximate surface area is 613 Å². The molecule has 0 spiro atoms. The lowest BCUT2D eigenvalue weighted by molar-refractivity contribution is 0.670. The highest BCUT2D eigenvalue weighted by Crippen LogP contribution is 2.48. The maximum atomic E-state index is 6.70. The van der Waals surface area contributed by atoms with Crippen molar-refractivity contribution in [2.24, 2.45) is 0 Å². The number of benzene rings is 18. The predicted molar refractivity (Wildman–Crippen MR) is 442 cm³/mol. The highest BCUT2D eigenvalue weighted by molar-refractivity contribution is 7.26. The van der Waals surface area contributed by atoms with Crippen LogP contribution in [0.15, 0.2) is 356 Å². The zero-order valence-corrected chi connectivity index (χ0v) is 57.8. The van der Waals surface area contributed by atoms with Gasteiger partial charge in [-0.1, -0.05) is 322 Å². The van der Waals surface area contributed by atoms with Gasteiger partial charge in [0.15, 0.2) is 34.9 Å². The number of hydrogen-bond donors (Lipinski definition) is 0. The molecule has 0 N–H and O–H groups in total. The minimum atomic E-state index is 0.602. The lowest BCUT2D eigenvalue weighted by atomic mass is 9.89. The van der Waals surface area contributed by atoms with E-state index in [4.69, 9.17) is 34.3 Å². The van der Waals surface area contributed by atoms with Gasteiger partial charge in [-0.05, 0) is 134 Å². The van der Waals surface area contributed by atoms with Crippen LogP contribution in [0.2, 0.25) is 0 Å². The summed E-state index contributed by atoms with van der Waals surface area (Å²) in [5.41, 5.74) is 16.7. The first-order valence-corrected chi connectivity index (χ1v) is 36.5. The fourth-order valence-electron chi connectivity index (χ4n) is 16.0. The first kappa shape index (κ1) is 60.8. The molecule has 0 aliphatic rings. The van der Waals surface area contributed by atoms with Crippen molar-refractivity contribution in [3.63, 3.8) is 0 Å². The molecule has 0 saturated carbocycles. The second-order valence-electron chi connectivity index (χ2n) is 27.1. The fourth-order valence-corrected chi connectivity index (χ4v) is 17.2. The van der Waals surface area contributed by atoms with Gasteiger partial charge in [0.1, 0.15) is 11.2 Å². The summed E-state index contributed by atoms with van der Waals surface area (Å²) in [6.45, 7) is 0. The van der Waals surface area contributed by atoms with E-state index in [0.29, 0.717) is 34.9 Å². The van der Waals surface area contributed by atoms with Gasteiger partial charge in [0, 0.05) is 69.9 Å². The van der Waals surface area contributed by atoms with Crippen molar-refractivity contribution < 1.29 is 4.42 Å². The second kappa shape index (κ2) is 25.0. The largest absolute Gasteiger partial charge is 0.455 e. The van der Waals surface area contributed by atoms with Crippen LogP contribution in [0.3, 0.4) is 0 Å². The normalized spacial score (nSPS) is 11.8. The molecule has 0 saturated heterocycles. The minimum Gasteiger partial charge on any atom is -0.455 e. The van der Waals surface area contributed by atoms with Gasteiger partial charge in [-0.15, -0.1) is 11.3 Å². The molecule has 0 bridgehead atoms. The van der Waals surface area contributed by atoms with Crippen LogP contribution in [0.25, 0.3) is 220 Å². The average molecular weight is 1370 g/mol. The smallest absolute Gasteiger partial charge is 0.164 e. The van der Waals surface area contributed by atoms with E-state index in [1.54, 1.807) is 0 Å². The molecule has 0 radical (unpaired) electrons. The SMILES string of the molecule is c1ccc(-c2nc(-c3ccccc3)nc(-c3ccc(-c4ccc(-c5ccc6ccc7cccc8ccc5c6c78)cc4)c4oc5ccccc5c34)n2)cc1.c1ccc(-c2nc(-c3ccccc3)nc(-c3ccc(-c4ccc(-c5ccc6ccc7cccc8ccc5c6c78)cc4)c4sc5ccccc5c34)n2)cc1. The molecule has 4 heterocycles. The third-order valence-corrected chi connectivity index (χ3v) is 22.2. The molecule has 8 heteroatoms. The first-order chi connectivity index (χ1) is 52.5. The van der Waals surface area contributed by atoms with Crippen molar-refractivity contribution in [1.29, 1.82) is 0 Å². The van der Waals surface area contributed by atoms with Crippen LogP contribution in [0.4, 0.5) is 0 Å². The van der Waals surface area contributed by atoms with Gasteiger partial charge in [0.2, 0.25) is 0 Å². The predicted octanol–water partition coefficient (Wildman–Crippen LogP) is 26.5. The summed E-state index contributed by atoms with van der Waals surface area (Å²) in [6.07, 6.45) is 0. The lowest BCUT2D eigenvalue weighted by Gasteiger charge is -2.15. The second-order valence-corrected chi connectivity index (χ2v) is 28.1. The van der Waals surface area contributed by atoms with Crippen molar-refractivity contribution in [1.82, 2.24) is 29.9 Å². The van der Waals surface area contributed by atoms with Crippen LogP contribution in [-0.2, 0) is 0 Å². The van der Waals surface area contributed by atoms with Gasteiger partial charge in [-0.2, -0.15) is 0 Å². The Hall–Kier alpha value is -13.9. The zero-order chi connectivity index (χ0) is 69.8. The van der Waals surface area contributed by atoms with Gasteiger partial charge in [-0.3, -0.25) is 0 Å². The average Bonchev–Trinajstić information content (AvgIpc) is 0.837. The fraction of sp³-hybridized carbons (Fsp3) is 0. The summed E-state index contributed by atoms with van der Waals surface area (Å²) in [7, 11) is 0. The Balaban J connectivity index is 0.000000136. The maximum Gasteiger partial charge on any atom is 0.164 e. The van der Waals surface area contributed by atoms with Crippen LogP contribution >= 0.6 is 11.3 Å². The lowest BCUT2D eigenvalue weighted by Crippen LogP contribution is -2.00. The summed E-state index contributed by atoms with van der Waals surface area (Å²) in [5, 5.41) is 19.9. The Morgan fingerprint density at radius 1 is 0.189 bits per heavy atom. The van der Waals surface area contributed by atoms with E-state index >= 15 is 0 Å². The Morgan fingerprint density at radius 2 is 0.519 bits per heavy atom. The van der Waals surface area contributed by atoms with Crippen LogP contribution in [-0.4, -0.2) is 29.9 Å². The van der Waals surface area contributed by atoms with Gasteiger partial charge < -0.3 is 4.42 Å². The van der Waals surface area contributed by atoms with Gasteiger partial charge in [0.05, 0.1) is 0 Å². The van der Waals surface area contributed by atoms with Crippen molar-refractivity contribution in [2.45, 2.75) is 0 Å². The number of fused-ring (bicyclic) bond motifs is 6. The van der Waals surface area contributed by atoms with E-state index in [1.807, 2.05) is 121 Å². The third kappa shape index (κ3) is 10.2. The summed E-state index contributed by atoms with van der Waals surface area (Å²) < 4.78 is 9.16. The van der Waals surface area contributed by atoms with Gasteiger partial charge in [-0.25, -0.2) is 29.9 Å². The molecule has 492 valence electrons. The molecule has 0 unspecified atom stereocenters. The van der Waals surface area contributed by atoms with Crippen molar-refractivity contribution >= 4 is 118 Å². The molecule has 4 aromatic heterocycles. The third-order valence-electron chi connectivity index (χ3n) is 21.0. The molecule has 0 aliphatic carbocycles. The molecule has 0 atom stereocenters. The highest BCUT2D eigenvalue weighted by atomic mass is 32.1. The van der Waals surface area contributed by atoms with E-state index in [9.17, 15) is 0 Å². The van der Waals surface area contributed by atoms with Gasteiger partial charge >= 0.3 is 0 Å². The zero-order valence-electron chi connectivity index (χ0n) is 57.0. The molecule has 106 heavy (non-hydrogen) atoms. The summed E-state index contributed by atoms with van der Waals surface area (Å²) in [6, 6.07) is 124. The molecule has 22 aromatic rings. The number of aromatic nitrogens is 6. The van der Waals surface area contributed by atoms with E-state index in [0.717, 1.165) is 66.4 Å². The minimum absolute atomic E-state index is 0.602. The van der Waals surface area contributed by atoms with Crippen molar-refractivity contribution in [2.75, 3.05) is 0 Å². The van der Waals surface area contributed by atoms with Crippen LogP contribution < -0.4 is 0 Å². The number of nitrogens with zero attached hydrogens (tertiary/aromatic N) is 6. The molecule has 0 aliphatic heterocycles. The number of hydrogen-bond acceptors (Lipinski definition) is 8. The quantitative estimate of drug-likeness (QED) is 0.126. The van der Waals surface area contributed by atoms with Crippen LogP contribution in [0.1, 0.15) is 0 Å². The molecule has 18 aromatic carbocycles. The molecule has 22 rings (SSSR count). The number of rotatable bonds is 10. The van der Waals surface area contributed by atoms with E-state index < -0.39 is 0 Å². The Bertz CT molecular complexity index is 6590. The topological polar surface area (TPSA) is 90.5 Å². The standard InChI is InChI=1S/C49H29N3O.C49H29N3S/c2*1-3-10-35(11-4-1)47-50-48(36-12-5-2-6-13-36)52-49(51-47)41-29-28-38(46-45(41)40-16-7-8-17-42(40)53-46)31-20-18-30(19-21-31)37-26-24-34-23-22-32-14-9-15-33-25-27-39(37)44(34)43(32)33/h2*1-29H. The molecule has 0 fully saturated rings. The molecule has 0 amide bonds.